The molecule has 2 aliphatic heterocycles. The molecule has 0 aromatic heterocycles. The summed E-state index contributed by atoms with van der Waals surface area (Å²) >= 11 is 0. The summed E-state index contributed by atoms with van der Waals surface area (Å²) in [5.74, 6) is -1.12. The third-order valence-corrected chi connectivity index (χ3v) is 5.17. The van der Waals surface area contributed by atoms with Crippen molar-refractivity contribution in [3.8, 4) is 0 Å². The van der Waals surface area contributed by atoms with Gasteiger partial charge in [-0.15, -0.1) is 0 Å². The van der Waals surface area contributed by atoms with Crippen molar-refractivity contribution in [3.63, 3.8) is 0 Å². The molecule has 2 aliphatic rings. The molecule has 24 heavy (non-hydrogen) atoms. The zero-order valence-corrected chi connectivity index (χ0v) is 14.1. The molecule has 5 nitrogen and oxygen atoms in total. The molecule has 4 unspecified atom stereocenters. The number of benzene rings is 1. The van der Waals surface area contributed by atoms with Crippen molar-refractivity contribution in [1.82, 2.24) is 4.90 Å². The number of esters is 2. The lowest BCUT2D eigenvalue weighted by Crippen LogP contribution is -2.53. The lowest BCUT2D eigenvalue weighted by atomic mass is 9.87. The number of hydrogen-bond donors (Lipinski definition) is 0. The van der Waals surface area contributed by atoms with E-state index < -0.39 is 18.0 Å². The van der Waals surface area contributed by atoms with Crippen LogP contribution in [0, 0.1) is 5.92 Å². The van der Waals surface area contributed by atoms with Crippen LogP contribution in [0.3, 0.4) is 0 Å². The van der Waals surface area contributed by atoms with E-state index in [0.717, 1.165) is 18.4 Å². The first-order valence-corrected chi connectivity index (χ1v) is 8.33. The molecule has 0 spiro atoms. The zero-order valence-electron chi connectivity index (χ0n) is 14.1. The molecule has 1 aromatic carbocycles. The maximum absolute atomic E-state index is 12.2. The van der Waals surface area contributed by atoms with Crippen LogP contribution in [-0.4, -0.2) is 49.2 Å². The third kappa shape index (κ3) is 3.36. The molecule has 3 rings (SSSR count). The van der Waals surface area contributed by atoms with Gasteiger partial charge in [0.05, 0.1) is 7.11 Å². The molecule has 2 bridgehead atoms. The molecule has 0 aliphatic carbocycles. The van der Waals surface area contributed by atoms with Gasteiger partial charge in [-0.3, -0.25) is 9.69 Å². The summed E-state index contributed by atoms with van der Waals surface area (Å²) in [7, 11) is 3.42. The molecule has 0 amide bonds. The maximum Gasteiger partial charge on any atom is 0.331 e. The van der Waals surface area contributed by atoms with Gasteiger partial charge in [0.1, 0.15) is 12.0 Å². The first-order valence-electron chi connectivity index (χ1n) is 8.33. The van der Waals surface area contributed by atoms with Gasteiger partial charge in [-0.25, -0.2) is 4.79 Å². The summed E-state index contributed by atoms with van der Waals surface area (Å²) in [6.45, 7) is 0. The van der Waals surface area contributed by atoms with Crippen LogP contribution in [0.4, 0.5) is 0 Å². The van der Waals surface area contributed by atoms with Crippen LogP contribution in [-0.2, 0) is 19.1 Å². The van der Waals surface area contributed by atoms with E-state index in [0.29, 0.717) is 12.5 Å². The van der Waals surface area contributed by atoms with Gasteiger partial charge < -0.3 is 9.47 Å². The van der Waals surface area contributed by atoms with Crippen molar-refractivity contribution in [2.24, 2.45) is 5.92 Å². The summed E-state index contributed by atoms with van der Waals surface area (Å²) in [5, 5.41) is 0. The molecule has 2 fully saturated rings. The molecule has 128 valence electrons. The highest BCUT2D eigenvalue weighted by Gasteiger charge is 2.50. The fourth-order valence-corrected chi connectivity index (χ4v) is 3.90. The predicted octanol–water partition coefficient (Wildman–Crippen LogP) is 2.27. The Morgan fingerprint density at radius 1 is 1.21 bits per heavy atom. The van der Waals surface area contributed by atoms with Crippen molar-refractivity contribution in [3.05, 3.63) is 42.0 Å². The Bertz CT molecular complexity index is 628. The highest BCUT2D eigenvalue weighted by Crippen LogP contribution is 2.40. The number of carbonyl (C=O) groups is 2. The number of methoxy groups -OCH3 is 1. The molecule has 0 radical (unpaired) electrons. The SMILES string of the molecule is COC(=O)C1C(OC(=O)C=Cc2ccccc2)CC2CCC1N2C. The summed E-state index contributed by atoms with van der Waals surface area (Å²) < 4.78 is 10.6. The standard InChI is InChI=1S/C19H23NO4/c1-20-14-9-10-15(20)18(19(22)23-2)16(12-14)24-17(21)11-8-13-6-4-3-5-7-13/h3-8,11,14-16,18H,9-10,12H2,1-2H3. The van der Waals surface area contributed by atoms with Gasteiger partial charge in [-0.05, 0) is 31.5 Å². The number of piperidine rings is 1. The highest BCUT2D eigenvalue weighted by molar-refractivity contribution is 5.87. The van der Waals surface area contributed by atoms with Crippen LogP contribution in [0.2, 0.25) is 0 Å². The summed E-state index contributed by atoms with van der Waals surface area (Å²) in [5.41, 5.74) is 0.933. The number of nitrogens with zero attached hydrogens (tertiary/aromatic N) is 1. The Labute approximate surface area is 142 Å². The minimum atomic E-state index is -0.418. The van der Waals surface area contributed by atoms with E-state index >= 15 is 0 Å². The first-order chi connectivity index (χ1) is 11.6. The highest BCUT2D eigenvalue weighted by atomic mass is 16.6. The van der Waals surface area contributed by atoms with E-state index in [9.17, 15) is 9.59 Å². The van der Waals surface area contributed by atoms with Gasteiger partial charge >= 0.3 is 11.9 Å². The molecular formula is C19H23NO4. The number of hydrogen-bond acceptors (Lipinski definition) is 5. The Morgan fingerprint density at radius 3 is 2.67 bits per heavy atom. The van der Waals surface area contributed by atoms with Crippen LogP contribution >= 0.6 is 0 Å². The summed E-state index contributed by atoms with van der Waals surface area (Å²) in [6.07, 6.45) is 5.37. The zero-order chi connectivity index (χ0) is 17.1. The number of carbonyl (C=O) groups excluding carboxylic acids is 2. The molecular weight excluding hydrogens is 306 g/mol. The van der Waals surface area contributed by atoms with E-state index in [-0.39, 0.29) is 12.0 Å². The first kappa shape index (κ1) is 16.7. The van der Waals surface area contributed by atoms with Crippen molar-refractivity contribution in [1.29, 1.82) is 0 Å². The molecule has 2 heterocycles. The minimum absolute atomic E-state index is 0.0899. The molecule has 2 saturated heterocycles. The van der Waals surface area contributed by atoms with E-state index in [1.54, 1.807) is 6.08 Å². The van der Waals surface area contributed by atoms with Crippen molar-refractivity contribution >= 4 is 18.0 Å². The lowest BCUT2D eigenvalue weighted by Gasteiger charge is -2.40. The Kier molecular flexibility index (Phi) is 5.00. The predicted molar refractivity (Wildman–Crippen MR) is 90.1 cm³/mol. The average Bonchev–Trinajstić information content (AvgIpc) is 2.83. The third-order valence-electron chi connectivity index (χ3n) is 5.17. The largest absolute Gasteiger partial charge is 0.469 e. The van der Waals surface area contributed by atoms with Gasteiger partial charge in [0.15, 0.2) is 0 Å². The maximum atomic E-state index is 12.2. The van der Waals surface area contributed by atoms with Crippen LogP contribution < -0.4 is 0 Å². The lowest BCUT2D eigenvalue weighted by molar-refractivity contribution is -0.165. The fraction of sp³-hybridized carbons (Fsp3) is 0.474. The monoisotopic (exact) mass is 329 g/mol. The average molecular weight is 329 g/mol. The fourth-order valence-electron chi connectivity index (χ4n) is 3.90. The van der Waals surface area contributed by atoms with E-state index in [2.05, 4.69) is 4.90 Å². The topological polar surface area (TPSA) is 55.8 Å². The number of rotatable bonds is 4. The second-order valence-electron chi connectivity index (χ2n) is 6.47. The van der Waals surface area contributed by atoms with Crippen LogP contribution in [0.15, 0.2) is 36.4 Å². The van der Waals surface area contributed by atoms with Gasteiger partial charge in [0.2, 0.25) is 0 Å². The van der Waals surface area contributed by atoms with E-state index in [4.69, 9.17) is 9.47 Å². The number of fused-ring (bicyclic) bond motifs is 2. The van der Waals surface area contributed by atoms with Crippen LogP contribution in [0.25, 0.3) is 6.08 Å². The summed E-state index contributed by atoms with van der Waals surface area (Å²) in [4.78, 5) is 26.6. The van der Waals surface area contributed by atoms with E-state index in [1.807, 2.05) is 37.4 Å². The molecule has 5 heteroatoms. The summed E-state index contributed by atoms with van der Waals surface area (Å²) in [6, 6.07) is 10.0. The van der Waals surface area contributed by atoms with E-state index in [1.165, 1.54) is 13.2 Å². The van der Waals surface area contributed by atoms with Crippen LogP contribution in [0.1, 0.15) is 24.8 Å². The van der Waals surface area contributed by atoms with Gasteiger partial charge in [-0.2, -0.15) is 0 Å². The second kappa shape index (κ2) is 7.18. The van der Waals surface area contributed by atoms with Crippen molar-refractivity contribution in [2.75, 3.05) is 14.2 Å². The van der Waals surface area contributed by atoms with Gasteiger partial charge in [0.25, 0.3) is 0 Å². The van der Waals surface area contributed by atoms with Crippen molar-refractivity contribution in [2.45, 2.75) is 37.5 Å². The quantitative estimate of drug-likeness (QED) is 0.626. The molecule has 1 aromatic rings. The smallest absolute Gasteiger partial charge is 0.331 e. The number of ether oxygens (including phenoxy) is 2. The molecule has 0 N–H and O–H groups in total. The van der Waals surface area contributed by atoms with Crippen molar-refractivity contribution < 1.29 is 19.1 Å². The van der Waals surface area contributed by atoms with Gasteiger partial charge in [-0.1, -0.05) is 30.3 Å². The van der Waals surface area contributed by atoms with Gasteiger partial charge in [0, 0.05) is 24.6 Å². The Hall–Kier alpha value is -2.14. The minimum Gasteiger partial charge on any atom is -0.469 e. The van der Waals surface area contributed by atoms with Crippen LogP contribution in [0.5, 0.6) is 0 Å². The Balaban J connectivity index is 1.69. The normalized spacial score (nSPS) is 29.6. The molecule has 0 saturated carbocycles. The second-order valence-corrected chi connectivity index (χ2v) is 6.47. The molecule has 4 atom stereocenters. The Morgan fingerprint density at radius 2 is 1.96 bits per heavy atom.